The van der Waals surface area contributed by atoms with Gasteiger partial charge in [0.1, 0.15) is 0 Å². The predicted octanol–water partition coefficient (Wildman–Crippen LogP) is 0.416. The van der Waals surface area contributed by atoms with E-state index in [1.807, 2.05) is 0 Å². The number of hydrogen-bond acceptors (Lipinski definition) is 4. The molecule has 21 heavy (non-hydrogen) atoms. The number of nitrogens with two attached hydrogens (primary N) is 1. The number of nitrogens with one attached hydrogen (secondary N) is 2. The van der Waals surface area contributed by atoms with Crippen LogP contribution in [0.15, 0.2) is 29.2 Å². The third-order valence-corrected chi connectivity index (χ3v) is 4.54. The zero-order chi connectivity index (χ0) is 15.5. The summed E-state index contributed by atoms with van der Waals surface area (Å²) in [5.41, 5.74) is 6.05. The molecular weight excluding hydrogens is 290 g/mol. The van der Waals surface area contributed by atoms with Gasteiger partial charge in [-0.25, -0.2) is 13.1 Å². The fourth-order valence-corrected chi connectivity index (χ4v) is 2.97. The Morgan fingerprint density at radius 1 is 1.38 bits per heavy atom. The zero-order valence-electron chi connectivity index (χ0n) is 11.4. The van der Waals surface area contributed by atoms with E-state index in [4.69, 9.17) is 12.2 Å². The molecule has 1 aliphatic carbocycles. The molecule has 0 bridgehead atoms. The second kappa shape index (κ2) is 6.26. The molecular formula is C14H17N3O3S. The number of terminal acetylenes is 1. The molecule has 1 unspecified atom stereocenters. The summed E-state index contributed by atoms with van der Waals surface area (Å²) >= 11 is 0. The molecule has 1 atom stereocenters. The van der Waals surface area contributed by atoms with E-state index >= 15 is 0 Å². The highest BCUT2D eigenvalue weighted by atomic mass is 32.2. The van der Waals surface area contributed by atoms with E-state index in [9.17, 15) is 13.2 Å². The summed E-state index contributed by atoms with van der Waals surface area (Å²) in [4.78, 5) is 11.8. The second-order valence-electron chi connectivity index (χ2n) is 4.92. The quantitative estimate of drug-likeness (QED) is 0.663. The van der Waals surface area contributed by atoms with Crippen molar-refractivity contribution in [2.75, 3.05) is 5.32 Å². The number of anilines is 1. The third kappa shape index (κ3) is 4.29. The van der Waals surface area contributed by atoms with Gasteiger partial charge in [0, 0.05) is 18.2 Å². The Bertz CT molecular complexity index is 658. The number of carbonyl (C=O) groups excluding carboxylic acids is 1. The SMILES string of the molecule is C#CCC(N)C(=O)Nc1ccc(S(=O)(=O)NC2CC2)cc1. The summed E-state index contributed by atoms with van der Waals surface area (Å²) in [6.45, 7) is 0. The van der Waals surface area contributed by atoms with Crippen LogP contribution in [0.4, 0.5) is 5.69 Å². The van der Waals surface area contributed by atoms with Crippen LogP contribution < -0.4 is 15.8 Å². The summed E-state index contributed by atoms with van der Waals surface area (Å²) in [7, 11) is -3.48. The van der Waals surface area contributed by atoms with Gasteiger partial charge in [-0.05, 0) is 37.1 Å². The lowest BCUT2D eigenvalue weighted by atomic mass is 10.2. The van der Waals surface area contributed by atoms with Crippen LogP contribution in [-0.2, 0) is 14.8 Å². The highest BCUT2D eigenvalue weighted by Gasteiger charge is 2.27. The number of carbonyl (C=O) groups is 1. The van der Waals surface area contributed by atoms with E-state index in [0.717, 1.165) is 12.8 Å². The van der Waals surface area contributed by atoms with Crippen LogP contribution in [0.5, 0.6) is 0 Å². The topological polar surface area (TPSA) is 101 Å². The Morgan fingerprint density at radius 3 is 2.52 bits per heavy atom. The van der Waals surface area contributed by atoms with Gasteiger partial charge in [-0.2, -0.15) is 0 Å². The summed E-state index contributed by atoms with van der Waals surface area (Å²) in [5, 5.41) is 2.58. The summed E-state index contributed by atoms with van der Waals surface area (Å²) in [6.07, 6.45) is 6.98. The number of rotatable bonds is 6. The van der Waals surface area contributed by atoms with Crippen molar-refractivity contribution < 1.29 is 13.2 Å². The van der Waals surface area contributed by atoms with Gasteiger partial charge >= 0.3 is 0 Å². The molecule has 1 aromatic rings. The molecule has 0 saturated heterocycles. The fourth-order valence-electron chi connectivity index (χ4n) is 1.66. The number of hydrogen-bond donors (Lipinski definition) is 3. The predicted molar refractivity (Wildman–Crippen MR) is 79.8 cm³/mol. The van der Waals surface area contributed by atoms with Crippen LogP contribution in [0.3, 0.4) is 0 Å². The minimum Gasteiger partial charge on any atom is -0.325 e. The number of sulfonamides is 1. The van der Waals surface area contributed by atoms with Crippen LogP contribution in [0.1, 0.15) is 19.3 Å². The molecule has 1 amide bonds. The van der Waals surface area contributed by atoms with Crippen LogP contribution in [-0.4, -0.2) is 26.4 Å². The highest BCUT2D eigenvalue weighted by molar-refractivity contribution is 7.89. The molecule has 1 aliphatic rings. The first kappa shape index (κ1) is 15.5. The maximum Gasteiger partial charge on any atom is 0.242 e. The van der Waals surface area contributed by atoms with Crippen LogP contribution in [0.2, 0.25) is 0 Å². The molecule has 1 aromatic carbocycles. The molecule has 2 rings (SSSR count). The van der Waals surface area contributed by atoms with Crippen molar-refractivity contribution in [3.8, 4) is 12.3 Å². The van der Waals surface area contributed by atoms with E-state index in [0.29, 0.717) is 5.69 Å². The van der Waals surface area contributed by atoms with E-state index in [-0.39, 0.29) is 17.4 Å². The van der Waals surface area contributed by atoms with Gasteiger partial charge in [0.25, 0.3) is 0 Å². The summed E-state index contributed by atoms with van der Waals surface area (Å²) in [5.74, 6) is 1.91. The average molecular weight is 307 g/mol. The van der Waals surface area contributed by atoms with Crippen LogP contribution in [0, 0.1) is 12.3 Å². The molecule has 6 nitrogen and oxygen atoms in total. The smallest absolute Gasteiger partial charge is 0.242 e. The zero-order valence-corrected chi connectivity index (χ0v) is 12.2. The molecule has 1 fully saturated rings. The number of amides is 1. The molecule has 7 heteroatoms. The fraction of sp³-hybridized carbons (Fsp3) is 0.357. The largest absolute Gasteiger partial charge is 0.325 e. The minimum atomic E-state index is -3.48. The maximum atomic E-state index is 12.0. The van der Waals surface area contributed by atoms with Crippen molar-refractivity contribution in [1.29, 1.82) is 0 Å². The average Bonchev–Trinajstić information content (AvgIpc) is 3.23. The van der Waals surface area contributed by atoms with Crippen molar-refractivity contribution in [3.05, 3.63) is 24.3 Å². The summed E-state index contributed by atoms with van der Waals surface area (Å²) in [6, 6.07) is 5.18. The number of benzene rings is 1. The van der Waals surface area contributed by atoms with Crippen LogP contribution >= 0.6 is 0 Å². The van der Waals surface area contributed by atoms with Crippen molar-refractivity contribution >= 4 is 21.6 Å². The minimum absolute atomic E-state index is 0.0520. The van der Waals surface area contributed by atoms with Gasteiger partial charge in [-0.15, -0.1) is 12.3 Å². The maximum absolute atomic E-state index is 12.0. The van der Waals surface area contributed by atoms with Gasteiger partial charge in [0.2, 0.25) is 15.9 Å². The van der Waals surface area contributed by atoms with Gasteiger partial charge in [-0.3, -0.25) is 4.79 Å². The molecule has 0 aliphatic heterocycles. The van der Waals surface area contributed by atoms with E-state index in [2.05, 4.69) is 16.0 Å². The molecule has 0 radical (unpaired) electrons. The van der Waals surface area contributed by atoms with E-state index in [1.54, 1.807) is 0 Å². The standard InChI is InChI=1S/C14H17N3O3S/c1-2-3-13(15)14(18)16-10-6-8-12(9-7-10)21(19,20)17-11-4-5-11/h1,6-9,11,13,17H,3-5,15H2,(H,16,18). The van der Waals surface area contributed by atoms with E-state index < -0.39 is 22.0 Å². The Morgan fingerprint density at radius 2 is 2.00 bits per heavy atom. The lowest BCUT2D eigenvalue weighted by molar-refractivity contribution is -0.117. The highest BCUT2D eigenvalue weighted by Crippen LogP contribution is 2.22. The second-order valence-corrected chi connectivity index (χ2v) is 6.64. The Hall–Kier alpha value is -1.88. The summed E-state index contributed by atoms with van der Waals surface area (Å²) < 4.78 is 26.5. The molecule has 4 N–H and O–H groups in total. The van der Waals surface area contributed by atoms with Crippen molar-refractivity contribution in [1.82, 2.24) is 4.72 Å². The third-order valence-electron chi connectivity index (χ3n) is 3.01. The van der Waals surface area contributed by atoms with Gasteiger partial charge in [0.05, 0.1) is 10.9 Å². The first-order valence-electron chi connectivity index (χ1n) is 6.54. The Kier molecular flexibility index (Phi) is 4.63. The van der Waals surface area contributed by atoms with Crippen LogP contribution in [0.25, 0.3) is 0 Å². The molecule has 0 spiro atoms. The monoisotopic (exact) mass is 307 g/mol. The molecule has 0 aromatic heterocycles. The van der Waals surface area contributed by atoms with Crippen molar-refractivity contribution in [2.24, 2.45) is 5.73 Å². The first-order valence-corrected chi connectivity index (χ1v) is 8.03. The lowest BCUT2D eigenvalue weighted by Gasteiger charge is -2.10. The molecule has 0 heterocycles. The Balaban J connectivity index is 2.02. The molecule has 112 valence electrons. The van der Waals surface area contributed by atoms with Crippen molar-refractivity contribution in [2.45, 2.75) is 36.2 Å². The normalized spacial score (nSPS) is 16.0. The van der Waals surface area contributed by atoms with Gasteiger partial charge in [0.15, 0.2) is 0 Å². The Labute approximate surface area is 124 Å². The van der Waals surface area contributed by atoms with Crippen molar-refractivity contribution in [3.63, 3.8) is 0 Å². The van der Waals surface area contributed by atoms with Gasteiger partial charge in [-0.1, -0.05) is 0 Å². The molecule has 1 saturated carbocycles. The first-order chi connectivity index (χ1) is 9.92. The van der Waals surface area contributed by atoms with Gasteiger partial charge < -0.3 is 11.1 Å². The van der Waals surface area contributed by atoms with E-state index in [1.165, 1.54) is 24.3 Å². The lowest BCUT2D eigenvalue weighted by Crippen LogP contribution is -2.35.